The van der Waals surface area contributed by atoms with Gasteiger partial charge in [0.25, 0.3) is 0 Å². The number of carbonyl (C=O) groups excluding carboxylic acids is 2. The van der Waals surface area contributed by atoms with Crippen LogP contribution in [0.2, 0.25) is 0 Å². The zero-order chi connectivity index (χ0) is 19.6. The molecule has 2 aromatic carbocycles. The van der Waals surface area contributed by atoms with Gasteiger partial charge in [0.2, 0.25) is 11.8 Å². The number of carboxylic acid groups (broad SMARTS) is 1. The van der Waals surface area contributed by atoms with E-state index in [1.807, 2.05) is 36.4 Å². The number of hydrogen-bond acceptors (Lipinski definition) is 3. The van der Waals surface area contributed by atoms with Crippen molar-refractivity contribution in [1.82, 2.24) is 10.6 Å². The van der Waals surface area contributed by atoms with Gasteiger partial charge in [0.15, 0.2) is 0 Å². The lowest BCUT2D eigenvalue weighted by Crippen LogP contribution is -2.50. The Morgan fingerprint density at radius 2 is 1.56 bits per heavy atom. The summed E-state index contributed by atoms with van der Waals surface area (Å²) in [6.45, 7) is 1.50. The second-order valence-electron chi connectivity index (χ2n) is 6.06. The van der Waals surface area contributed by atoms with Gasteiger partial charge in [-0.05, 0) is 24.1 Å². The van der Waals surface area contributed by atoms with Gasteiger partial charge < -0.3 is 15.7 Å². The number of amides is 2. The van der Waals surface area contributed by atoms with Gasteiger partial charge in [0, 0.05) is 12.5 Å². The van der Waals surface area contributed by atoms with E-state index in [4.69, 9.17) is 0 Å². The Balaban J connectivity index is 1.89. The molecule has 0 bridgehead atoms. The van der Waals surface area contributed by atoms with Gasteiger partial charge in [0.05, 0.1) is 0 Å². The van der Waals surface area contributed by atoms with Crippen LogP contribution >= 0.6 is 0 Å². The Kier molecular flexibility index (Phi) is 7.31. The molecular formula is C21H22N2O4. The molecule has 0 heterocycles. The molecule has 0 aliphatic rings. The van der Waals surface area contributed by atoms with Crippen molar-refractivity contribution in [2.24, 2.45) is 0 Å². The van der Waals surface area contributed by atoms with Crippen LogP contribution < -0.4 is 10.6 Å². The first-order chi connectivity index (χ1) is 13.0. The Labute approximate surface area is 157 Å². The number of benzene rings is 2. The summed E-state index contributed by atoms with van der Waals surface area (Å²) in [6.07, 6.45) is 3.13. The highest BCUT2D eigenvalue weighted by Gasteiger charge is 2.23. The van der Waals surface area contributed by atoms with Crippen LogP contribution in [0, 0.1) is 0 Å². The SMILES string of the molecule is C[C@H](NC(=O)/C=C/c1ccccc1)C(=O)N[C@@H](Cc1ccccc1)C(=O)O. The third-order valence-electron chi connectivity index (χ3n) is 3.88. The second-order valence-corrected chi connectivity index (χ2v) is 6.06. The molecule has 2 amide bonds. The van der Waals surface area contributed by atoms with Gasteiger partial charge in [-0.1, -0.05) is 60.7 Å². The van der Waals surface area contributed by atoms with Crippen LogP contribution in [0.4, 0.5) is 0 Å². The van der Waals surface area contributed by atoms with Gasteiger partial charge in [-0.3, -0.25) is 9.59 Å². The molecular weight excluding hydrogens is 344 g/mol. The van der Waals surface area contributed by atoms with Crippen LogP contribution in [-0.4, -0.2) is 35.0 Å². The molecule has 2 aromatic rings. The maximum Gasteiger partial charge on any atom is 0.326 e. The van der Waals surface area contributed by atoms with Crippen LogP contribution in [0.15, 0.2) is 66.7 Å². The third kappa shape index (κ3) is 6.78. The summed E-state index contributed by atoms with van der Waals surface area (Å²) in [5, 5.41) is 14.3. The van der Waals surface area contributed by atoms with E-state index in [0.717, 1.165) is 11.1 Å². The zero-order valence-corrected chi connectivity index (χ0v) is 15.0. The van der Waals surface area contributed by atoms with E-state index >= 15 is 0 Å². The van der Waals surface area contributed by atoms with Crippen molar-refractivity contribution >= 4 is 23.9 Å². The summed E-state index contributed by atoms with van der Waals surface area (Å²) in [7, 11) is 0. The molecule has 0 saturated heterocycles. The molecule has 140 valence electrons. The molecule has 27 heavy (non-hydrogen) atoms. The minimum Gasteiger partial charge on any atom is -0.480 e. The lowest BCUT2D eigenvalue weighted by Gasteiger charge is -2.18. The summed E-state index contributed by atoms with van der Waals surface area (Å²) < 4.78 is 0. The fraction of sp³-hybridized carbons (Fsp3) is 0.190. The average Bonchev–Trinajstić information content (AvgIpc) is 2.67. The first kappa shape index (κ1) is 19.9. The van der Waals surface area contributed by atoms with E-state index in [0.29, 0.717) is 0 Å². The largest absolute Gasteiger partial charge is 0.480 e. The minimum atomic E-state index is -1.13. The highest BCUT2D eigenvalue weighted by molar-refractivity contribution is 5.96. The molecule has 0 spiro atoms. The minimum absolute atomic E-state index is 0.163. The Morgan fingerprint density at radius 1 is 0.963 bits per heavy atom. The average molecular weight is 366 g/mol. The zero-order valence-electron chi connectivity index (χ0n) is 15.0. The molecule has 6 nitrogen and oxygen atoms in total. The van der Waals surface area contributed by atoms with Gasteiger partial charge in [0.1, 0.15) is 12.1 Å². The van der Waals surface area contributed by atoms with E-state index in [1.165, 1.54) is 13.0 Å². The van der Waals surface area contributed by atoms with Gasteiger partial charge in [-0.25, -0.2) is 4.79 Å². The fourth-order valence-corrected chi connectivity index (χ4v) is 2.41. The monoisotopic (exact) mass is 366 g/mol. The first-order valence-electron chi connectivity index (χ1n) is 8.56. The van der Waals surface area contributed by atoms with Crippen LogP contribution in [-0.2, 0) is 20.8 Å². The van der Waals surface area contributed by atoms with Crippen molar-refractivity contribution in [2.75, 3.05) is 0 Å². The van der Waals surface area contributed by atoms with Crippen molar-refractivity contribution in [2.45, 2.75) is 25.4 Å². The molecule has 0 aliphatic carbocycles. The van der Waals surface area contributed by atoms with Crippen LogP contribution in [0.1, 0.15) is 18.1 Å². The predicted octanol–water partition coefficient (Wildman–Crippen LogP) is 2.02. The highest BCUT2D eigenvalue weighted by atomic mass is 16.4. The number of carbonyl (C=O) groups is 3. The fourth-order valence-electron chi connectivity index (χ4n) is 2.41. The van der Waals surface area contributed by atoms with Crippen LogP contribution in [0.5, 0.6) is 0 Å². The predicted molar refractivity (Wildman–Crippen MR) is 103 cm³/mol. The lowest BCUT2D eigenvalue weighted by molar-refractivity contribution is -0.142. The van der Waals surface area contributed by atoms with Crippen LogP contribution in [0.3, 0.4) is 0 Å². The number of aliphatic carboxylic acids is 1. The van der Waals surface area contributed by atoms with E-state index in [-0.39, 0.29) is 6.42 Å². The van der Waals surface area contributed by atoms with Crippen molar-refractivity contribution in [3.05, 3.63) is 77.9 Å². The standard InChI is InChI=1S/C21H22N2O4/c1-15(22-19(24)13-12-16-8-4-2-5-9-16)20(25)23-18(21(26)27)14-17-10-6-3-7-11-17/h2-13,15,18H,14H2,1H3,(H,22,24)(H,23,25)(H,26,27)/b13-12+/t15-,18-/m0/s1. The molecule has 3 N–H and O–H groups in total. The maximum absolute atomic E-state index is 12.2. The van der Waals surface area contributed by atoms with Gasteiger partial charge in [-0.2, -0.15) is 0 Å². The summed E-state index contributed by atoms with van der Waals surface area (Å²) in [5.74, 6) is -2.12. The number of hydrogen-bond donors (Lipinski definition) is 3. The van der Waals surface area contributed by atoms with Crippen LogP contribution in [0.25, 0.3) is 6.08 Å². The lowest BCUT2D eigenvalue weighted by atomic mass is 10.1. The molecule has 0 aromatic heterocycles. The van der Waals surface area contributed by atoms with Crippen molar-refractivity contribution < 1.29 is 19.5 Å². The molecule has 0 saturated carbocycles. The second kappa shape index (κ2) is 9.91. The molecule has 6 heteroatoms. The van der Waals surface area contributed by atoms with E-state index in [9.17, 15) is 19.5 Å². The Hall–Kier alpha value is -3.41. The molecule has 2 atom stereocenters. The summed E-state index contributed by atoms with van der Waals surface area (Å²) in [6, 6.07) is 16.4. The van der Waals surface area contributed by atoms with E-state index in [1.54, 1.807) is 30.3 Å². The molecule has 0 unspecified atom stereocenters. The number of carboxylic acids is 1. The summed E-state index contributed by atoms with van der Waals surface area (Å²) >= 11 is 0. The van der Waals surface area contributed by atoms with Crippen molar-refractivity contribution in [3.8, 4) is 0 Å². The van der Waals surface area contributed by atoms with Gasteiger partial charge >= 0.3 is 5.97 Å². The van der Waals surface area contributed by atoms with E-state index < -0.39 is 29.9 Å². The normalized spacial score (nSPS) is 12.9. The molecule has 0 radical (unpaired) electrons. The maximum atomic E-state index is 12.2. The van der Waals surface area contributed by atoms with Gasteiger partial charge in [-0.15, -0.1) is 0 Å². The molecule has 2 rings (SSSR count). The Morgan fingerprint density at radius 3 is 2.15 bits per heavy atom. The van der Waals surface area contributed by atoms with Crippen molar-refractivity contribution in [3.63, 3.8) is 0 Å². The van der Waals surface area contributed by atoms with Crippen molar-refractivity contribution in [1.29, 1.82) is 0 Å². The number of rotatable bonds is 8. The summed E-state index contributed by atoms with van der Waals surface area (Å²) in [5.41, 5.74) is 1.66. The molecule has 0 aliphatic heterocycles. The molecule has 0 fully saturated rings. The Bertz CT molecular complexity index is 803. The number of nitrogens with one attached hydrogen (secondary N) is 2. The van der Waals surface area contributed by atoms with E-state index in [2.05, 4.69) is 10.6 Å². The smallest absolute Gasteiger partial charge is 0.326 e. The summed E-state index contributed by atoms with van der Waals surface area (Å²) in [4.78, 5) is 35.6. The third-order valence-corrected chi connectivity index (χ3v) is 3.88. The topological polar surface area (TPSA) is 95.5 Å². The highest BCUT2D eigenvalue weighted by Crippen LogP contribution is 2.04. The quantitative estimate of drug-likeness (QED) is 0.623. The first-order valence-corrected chi connectivity index (χ1v) is 8.56.